The molecule has 0 unspecified atom stereocenters. The van der Waals surface area contributed by atoms with Gasteiger partial charge in [-0.3, -0.25) is 9.97 Å². The number of hydrogen-bond donors (Lipinski definition) is 0. The summed E-state index contributed by atoms with van der Waals surface area (Å²) < 4.78 is 0. The minimum atomic E-state index is -0.187. The number of hydrogen-bond acceptors (Lipinski definition) is 5. The SMILES string of the molecule is [C-]#[N+]C([N+]#[C-])=C1Cc2c(-c3ccccn3)c3c(c(-c4ccccn4)c2=C1[N+]#[C-])CC(=C(C#N)C#N)C=3C#N. The van der Waals surface area contributed by atoms with E-state index in [0.717, 1.165) is 0 Å². The van der Waals surface area contributed by atoms with E-state index < -0.39 is 0 Å². The van der Waals surface area contributed by atoms with E-state index in [4.69, 9.17) is 19.7 Å². The van der Waals surface area contributed by atoms with Crippen molar-refractivity contribution in [2.75, 3.05) is 0 Å². The second kappa shape index (κ2) is 9.38. The summed E-state index contributed by atoms with van der Waals surface area (Å²) in [5.41, 5.74) is 4.39. The first-order valence-electron chi connectivity index (χ1n) is 11.2. The van der Waals surface area contributed by atoms with E-state index in [1.54, 1.807) is 48.8 Å². The molecule has 0 atom stereocenters. The number of fused-ring (bicyclic) bond motifs is 2. The average molecular weight is 484 g/mol. The molecule has 2 aliphatic rings. The van der Waals surface area contributed by atoms with Gasteiger partial charge in [-0.15, -0.1) is 0 Å². The third kappa shape index (κ3) is 3.33. The zero-order valence-electron chi connectivity index (χ0n) is 19.6. The van der Waals surface area contributed by atoms with Crippen LogP contribution in [0.4, 0.5) is 0 Å². The Balaban J connectivity index is 2.15. The molecule has 2 aromatic heterocycles. The van der Waals surface area contributed by atoms with Gasteiger partial charge in [0.15, 0.2) is 5.70 Å². The lowest BCUT2D eigenvalue weighted by molar-refractivity contribution is 1.16. The predicted molar refractivity (Wildman–Crippen MR) is 137 cm³/mol. The summed E-state index contributed by atoms with van der Waals surface area (Å²) in [6.45, 7) is 23.1. The average Bonchev–Trinajstić information content (AvgIpc) is 3.52. The Bertz CT molecular complexity index is 1830. The van der Waals surface area contributed by atoms with Gasteiger partial charge in [-0.25, -0.2) is 4.85 Å². The molecule has 8 heteroatoms. The van der Waals surface area contributed by atoms with E-state index in [9.17, 15) is 15.8 Å². The molecule has 0 aliphatic heterocycles. The summed E-state index contributed by atoms with van der Waals surface area (Å²) >= 11 is 0. The molecular formula is C30H12N8. The summed E-state index contributed by atoms with van der Waals surface area (Å²) in [5.74, 6) is -0.187. The van der Waals surface area contributed by atoms with Gasteiger partial charge in [0.2, 0.25) is 0 Å². The van der Waals surface area contributed by atoms with Gasteiger partial charge >= 0.3 is 5.82 Å². The molecule has 0 amide bonds. The van der Waals surface area contributed by atoms with Gasteiger partial charge in [0.25, 0.3) is 0 Å². The van der Waals surface area contributed by atoms with Crippen molar-refractivity contribution in [1.82, 2.24) is 9.97 Å². The number of nitrogens with zero attached hydrogens (tertiary/aromatic N) is 8. The maximum Gasteiger partial charge on any atom is 0.512 e. The standard InChI is InChI=1S/C30H12N8/c1-34-29-21(30(35-2)36-3)13-20-26(23-8-4-6-10-37-23)25-19(12-18(22(25)16-33)17(14-31)15-32)27(28(20)29)24-9-5-7-11-38-24/h4-11H,12-13H2. The number of benzene rings is 1. The molecule has 0 radical (unpaired) electrons. The second-order valence-corrected chi connectivity index (χ2v) is 8.29. The Labute approximate surface area is 217 Å². The van der Waals surface area contributed by atoms with Crippen molar-refractivity contribution >= 4 is 11.3 Å². The highest BCUT2D eigenvalue weighted by atomic mass is 14.9. The van der Waals surface area contributed by atoms with Crippen LogP contribution >= 0.6 is 0 Å². The maximum absolute atomic E-state index is 10.3. The van der Waals surface area contributed by atoms with E-state index in [1.165, 1.54) is 0 Å². The summed E-state index contributed by atoms with van der Waals surface area (Å²) in [5, 5.41) is 30.7. The number of pyridine rings is 2. The molecule has 172 valence electrons. The van der Waals surface area contributed by atoms with Crippen LogP contribution < -0.4 is 10.4 Å². The highest BCUT2D eigenvalue weighted by Crippen LogP contribution is 2.38. The fraction of sp³-hybridized carbons (Fsp3) is 0.0667. The monoisotopic (exact) mass is 484 g/mol. The molecule has 0 saturated carbocycles. The van der Waals surface area contributed by atoms with Crippen LogP contribution in [-0.4, -0.2) is 9.97 Å². The van der Waals surface area contributed by atoms with Gasteiger partial charge in [-0.1, -0.05) is 12.1 Å². The lowest BCUT2D eigenvalue weighted by atomic mass is 9.90. The van der Waals surface area contributed by atoms with Gasteiger partial charge < -0.3 is 0 Å². The fourth-order valence-corrected chi connectivity index (χ4v) is 5.12. The minimum absolute atomic E-state index is 0.108. The van der Waals surface area contributed by atoms with Crippen molar-refractivity contribution in [3.05, 3.63) is 127 Å². The zero-order chi connectivity index (χ0) is 26.8. The van der Waals surface area contributed by atoms with Crippen LogP contribution in [0.25, 0.3) is 48.3 Å². The van der Waals surface area contributed by atoms with Crippen LogP contribution in [0.5, 0.6) is 0 Å². The summed E-state index contributed by atoms with van der Waals surface area (Å²) in [7, 11) is 0. The van der Waals surface area contributed by atoms with Crippen molar-refractivity contribution in [1.29, 1.82) is 15.8 Å². The van der Waals surface area contributed by atoms with Crippen LogP contribution in [0.1, 0.15) is 11.1 Å². The Kier molecular flexibility index (Phi) is 5.78. The normalized spacial score (nSPS) is 12.7. The molecule has 0 bridgehead atoms. The third-order valence-electron chi connectivity index (χ3n) is 6.56. The second-order valence-electron chi connectivity index (χ2n) is 8.29. The first-order chi connectivity index (χ1) is 18.6. The van der Waals surface area contributed by atoms with Crippen LogP contribution in [-0.2, 0) is 12.8 Å². The first kappa shape index (κ1) is 23.4. The Morgan fingerprint density at radius 3 is 1.79 bits per heavy atom. The molecule has 0 saturated heterocycles. The van der Waals surface area contributed by atoms with Crippen LogP contribution in [0.3, 0.4) is 0 Å². The lowest BCUT2D eigenvalue weighted by Gasteiger charge is -2.15. The van der Waals surface area contributed by atoms with Gasteiger partial charge in [-0.05, 0) is 47.0 Å². The van der Waals surface area contributed by atoms with Gasteiger partial charge in [0.1, 0.15) is 36.9 Å². The highest BCUT2D eigenvalue weighted by molar-refractivity contribution is 5.94. The minimum Gasteiger partial charge on any atom is -0.256 e. The Morgan fingerprint density at radius 2 is 1.32 bits per heavy atom. The van der Waals surface area contributed by atoms with Gasteiger partial charge in [0, 0.05) is 40.7 Å². The molecule has 8 nitrogen and oxygen atoms in total. The molecule has 2 heterocycles. The third-order valence-corrected chi connectivity index (χ3v) is 6.56. The van der Waals surface area contributed by atoms with Crippen molar-refractivity contribution in [2.24, 2.45) is 0 Å². The van der Waals surface area contributed by atoms with E-state index in [-0.39, 0.29) is 35.5 Å². The first-order valence-corrected chi connectivity index (χ1v) is 11.2. The topological polar surface area (TPSA) is 110 Å². The van der Waals surface area contributed by atoms with E-state index in [1.807, 2.05) is 12.1 Å². The summed E-state index contributed by atoms with van der Waals surface area (Å²) in [4.78, 5) is 19.6. The zero-order valence-corrected chi connectivity index (χ0v) is 19.6. The molecule has 0 N–H and O–H groups in total. The molecule has 0 spiro atoms. The maximum atomic E-state index is 10.3. The highest BCUT2D eigenvalue weighted by Gasteiger charge is 2.36. The molecule has 0 fully saturated rings. The fourth-order valence-electron chi connectivity index (χ4n) is 5.12. The summed E-state index contributed by atoms with van der Waals surface area (Å²) in [6.07, 6.45) is 3.46. The predicted octanol–water partition coefficient (Wildman–Crippen LogP) is 4.02. The number of aromatic nitrogens is 2. The van der Waals surface area contributed by atoms with E-state index in [2.05, 4.69) is 30.6 Å². The molecular weight excluding hydrogens is 472 g/mol. The van der Waals surface area contributed by atoms with Crippen molar-refractivity contribution < 1.29 is 0 Å². The Hall–Kier alpha value is -6.32. The number of allylic oxidation sites excluding steroid dienone is 2. The smallest absolute Gasteiger partial charge is 0.256 e. The summed E-state index contributed by atoms with van der Waals surface area (Å²) in [6, 6.07) is 16.7. The van der Waals surface area contributed by atoms with Crippen molar-refractivity contribution in [3.8, 4) is 40.7 Å². The van der Waals surface area contributed by atoms with Crippen LogP contribution in [0.2, 0.25) is 0 Å². The molecule has 3 aromatic rings. The van der Waals surface area contributed by atoms with Crippen LogP contribution in [0.15, 0.2) is 71.3 Å². The molecule has 1 aromatic carbocycles. The number of nitriles is 3. The van der Waals surface area contributed by atoms with Gasteiger partial charge in [-0.2, -0.15) is 25.5 Å². The van der Waals surface area contributed by atoms with Gasteiger partial charge in [0.05, 0.1) is 29.1 Å². The van der Waals surface area contributed by atoms with Crippen LogP contribution in [0, 0.1) is 53.7 Å². The van der Waals surface area contributed by atoms with E-state index >= 15 is 0 Å². The molecule has 38 heavy (non-hydrogen) atoms. The number of rotatable bonds is 2. The quantitative estimate of drug-likeness (QED) is 0.403. The molecule has 2 aliphatic carbocycles. The largest absolute Gasteiger partial charge is 0.512 e. The van der Waals surface area contributed by atoms with E-state index in [0.29, 0.717) is 55.2 Å². The van der Waals surface area contributed by atoms with Crippen molar-refractivity contribution in [3.63, 3.8) is 0 Å². The lowest BCUT2D eigenvalue weighted by Crippen LogP contribution is -2.25. The molecule has 5 rings (SSSR count). The van der Waals surface area contributed by atoms with Crippen molar-refractivity contribution in [2.45, 2.75) is 12.8 Å². The Morgan fingerprint density at radius 1 is 0.763 bits per heavy atom.